The van der Waals surface area contributed by atoms with Gasteiger partial charge in [-0.15, -0.1) is 0 Å². The van der Waals surface area contributed by atoms with Crippen molar-refractivity contribution >= 4 is 16.7 Å². The molecular weight excluding hydrogens is 323 g/mol. The number of halogens is 3. The smallest absolute Gasteiger partial charge is 0.434 e. The predicted molar refractivity (Wildman–Crippen MR) is 79.8 cm³/mol. The molecule has 0 aliphatic carbocycles. The van der Waals surface area contributed by atoms with Crippen molar-refractivity contribution in [3.05, 3.63) is 54.1 Å². The van der Waals surface area contributed by atoms with E-state index in [0.29, 0.717) is 15.5 Å². The molecule has 0 fully saturated rings. The summed E-state index contributed by atoms with van der Waals surface area (Å²) in [6, 6.07) is 6.54. The van der Waals surface area contributed by atoms with Gasteiger partial charge in [-0.2, -0.15) is 18.3 Å². The molecule has 0 atom stereocenters. The van der Waals surface area contributed by atoms with Gasteiger partial charge in [0.2, 0.25) is 0 Å². The number of nitrogens with zero attached hydrogens (tertiary/aromatic N) is 3. The first-order valence-corrected chi connectivity index (χ1v) is 7.09. The summed E-state index contributed by atoms with van der Waals surface area (Å²) in [7, 11) is 0. The zero-order valence-corrected chi connectivity index (χ0v) is 12.5. The minimum atomic E-state index is -4.77. The van der Waals surface area contributed by atoms with Crippen LogP contribution in [0.1, 0.15) is 23.0 Å². The lowest BCUT2D eigenvalue weighted by molar-refractivity contribution is -0.143. The number of fused-ring (bicyclic) bond motifs is 1. The van der Waals surface area contributed by atoms with Crippen molar-refractivity contribution in [3.8, 4) is 5.69 Å². The van der Waals surface area contributed by atoms with Crippen LogP contribution < -0.4 is 0 Å². The number of pyridine rings is 1. The van der Waals surface area contributed by atoms with Gasteiger partial charge in [-0.05, 0) is 24.4 Å². The van der Waals surface area contributed by atoms with E-state index in [1.165, 1.54) is 19.2 Å². The fourth-order valence-electron chi connectivity index (χ4n) is 2.44. The SMILES string of the molecule is CCOC(=O)c1cnn(-c2cccc3ccncc23)c1C(F)(F)F. The van der Waals surface area contributed by atoms with Gasteiger partial charge in [-0.1, -0.05) is 12.1 Å². The maximum atomic E-state index is 13.5. The number of carbonyl (C=O) groups is 1. The van der Waals surface area contributed by atoms with Crippen molar-refractivity contribution in [2.24, 2.45) is 0 Å². The van der Waals surface area contributed by atoms with E-state index in [-0.39, 0.29) is 12.3 Å². The standard InChI is InChI=1S/C16H12F3N3O2/c1-2-24-15(23)12-9-21-22(14(12)16(17,18)19)13-5-3-4-10-6-7-20-8-11(10)13/h3-9H,2H2,1H3. The number of hydrogen-bond acceptors (Lipinski definition) is 4. The molecule has 0 amide bonds. The molecule has 2 aromatic heterocycles. The van der Waals surface area contributed by atoms with Gasteiger partial charge in [0.1, 0.15) is 5.56 Å². The van der Waals surface area contributed by atoms with Crippen LogP contribution in [0, 0.1) is 0 Å². The number of aromatic nitrogens is 3. The van der Waals surface area contributed by atoms with E-state index >= 15 is 0 Å². The van der Waals surface area contributed by atoms with Crippen molar-refractivity contribution in [2.45, 2.75) is 13.1 Å². The number of carbonyl (C=O) groups excluding carboxylic acids is 1. The molecule has 24 heavy (non-hydrogen) atoms. The number of benzene rings is 1. The second kappa shape index (κ2) is 5.95. The topological polar surface area (TPSA) is 57.0 Å². The van der Waals surface area contributed by atoms with E-state index < -0.39 is 23.4 Å². The zero-order chi connectivity index (χ0) is 17.3. The molecule has 0 bridgehead atoms. The fourth-order valence-corrected chi connectivity index (χ4v) is 2.44. The van der Waals surface area contributed by atoms with Crippen molar-refractivity contribution in [1.82, 2.24) is 14.8 Å². The van der Waals surface area contributed by atoms with E-state index in [0.717, 1.165) is 6.20 Å². The molecule has 0 saturated heterocycles. The van der Waals surface area contributed by atoms with Crippen LogP contribution in [-0.4, -0.2) is 27.3 Å². The highest BCUT2D eigenvalue weighted by atomic mass is 19.4. The Bertz CT molecular complexity index is 898. The van der Waals surface area contributed by atoms with Crippen LogP contribution in [0.5, 0.6) is 0 Å². The second-order valence-electron chi connectivity index (χ2n) is 4.91. The van der Waals surface area contributed by atoms with E-state index in [2.05, 4.69) is 10.1 Å². The summed E-state index contributed by atoms with van der Waals surface area (Å²) in [6.07, 6.45) is -0.903. The first kappa shape index (κ1) is 16.0. The summed E-state index contributed by atoms with van der Waals surface area (Å²) in [5.41, 5.74) is -1.61. The second-order valence-corrected chi connectivity index (χ2v) is 4.91. The van der Waals surface area contributed by atoms with Crippen LogP contribution in [0.15, 0.2) is 42.9 Å². The molecule has 0 saturated carbocycles. The summed E-state index contributed by atoms with van der Waals surface area (Å²) in [4.78, 5) is 15.8. The van der Waals surface area contributed by atoms with Gasteiger partial charge in [0.05, 0.1) is 18.5 Å². The summed E-state index contributed by atoms with van der Waals surface area (Å²) < 4.78 is 46.0. The van der Waals surface area contributed by atoms with Crippen molar-refractivity contribution < 1.29 is 22.7 Å². The Labute approximate surface area is 134 Å². The first-order chi connectivity index (χ1) is 11.4. The number of esters is 1. The summed E-state index contributed by atoms with van der Waals surface area (Å²) in [5, 5.41) is 4.98. The minimum Gasteiger partial charge on any atom is -0.462 e. The van der Waals surface area contributed by atoms with Gasteiger partial charge < -0.3 is 4.74 Å². The van der Waals surface area contributed by atoms with Gasteiger partial charge >= 0.3 is 12.1 Å². The number of rotatable bonds is 3. The predicted octanol–water partition coefficient (Wildman–Crippen LogP) is 3.62. The van der Waals surface area contributed by atoms with Gasteiger partial charge in [0.25, 0.3) is 0 Å². The fraction of sp³-hybridized carbons (Fsp3) is 0.188. The Morgan fingerprint density at radius 2 is 2.04 bits per heavy atom. The van der Waals surface area contributed by atoms with Crippen molar-refractivity contribution in [2.75, 3.05) is 6.61 Å². The molecule has 3 rings (SSSR count). The molecule has 0 aliphatic rings. The Morgan fingerprint density at radius 1 is 1.25 bits per heavy atom. The van der Waals surface area contributed by atoms with E-state index in [4.69, 9.17) is 4.74 Å². The van der Waals surface area contributed by atoms with E-state index in [1.807, 2.05) is 0 Å². The zero-order valence-electron chi connectivity index (χ0n) is 12.5. The molecule has 1 aromatic carbocycles. The third-order valence-electron chi connectivity index (χ3n) is 3.42. The third-order valence-corrected chi connectivity index (χ3v) is 3.42. The maximum Gasteiger partial charge on any atom is 0.434 e. The Hall–Kier alpha value is -2.90. The van der Waals surface area contributed by atoms with Crippen molar-refractivity contribution in [3.63, 3.8) is 0 Å². The van der Waals surface area contributed by atoms with Gasteiger partial charge in [0.15, 0.2) is 5.69 Å². The monoisotopic (exact) mass is 335 g/mol. The highest BCUT2D eigenvalue weighted by Crippen LogP contribution is 2.35. The molecule has 0 spiro atoms. The average molecular weight is 335 g/mol. The molecule has 124 valence electrons. The number of hydrogen-bond donors (Lipinski definition) is 0. The van der Waals surface area contributed by atoms with Gasteiger partial charge in [-0.25, -0.2) is 9.48 Å². The van der Waals surface area contributed by atoms with Gasteiger partial charge in [-0.3, -0.25) is 4.98 Å². The Kier molecular flexibility index (Phi) is 3.96. The molecule has 2 heterocycles. The molecule has 0 aliphatic heterocycles. The molecule has 3 aromatic rings. The van der Waals surface area contributed by atoms with Crippen LogP contribution in [-0.2, 0) is 10.9 Å². The van der Waals surface area contributed by atoms with Crippen LogP contribution in [0.25, 0.3) is 16.5 Å². The molecular formula is C16H12F3N3O2. The minimum absolute atomic E-state index is 0.0283. The van der Waals surface area contributed by atoms with Gasteiger partial charge in [0, 0.05) is 17.8 Å². The average Bonchev–Trinajstić information content (AvgIpc) is 3.00. The maximum absolute atomic E-state index is 13.5. The lowest BCUT2D eigenvalue weighted by Gasteiger charge is -2.13. The summed E-state index contributed by atoms with van der Waals surface area (Å²) in [5.74, 6) is -1.06. The van der Waals surface area contributed by atoms with Crippen LogP contribution in [0.3, 0.4) is 0 Å². The van der Waals surface area contributed by atoms with Crippen LogP contribution in [0.2, 0.25) is 0 Å². The summed E-state index contributed by atoms with van der Waals surface area (Å²) >= 11 is 0. The Morgan fingerprint density at radius 3 is 2.75 bits per heavy atom. The lowest BCUT2D eigenvalue weighted by atomic mass is 10.1. The number of ether oxygens (including phenoxy) is 1. The van der Waals surface area contributed by atoms with E-state index in [9.17, 15) is 18.0 Å². The summed E-state index contributed by atoms with van der Waals surface area (Å²) in [6.45, 7) is 1.49. The molecule has 8 heteroatoms. The molecule has 0 N–H and O–H groups in total. The third kappa shape index (κ3) is 2.70. The molecule has 5 nitrogen and oxygen atoms in total. The first-order valence-electron chi connectivity index (χ1n) is 7.09. The van der Waals surface area contributed by atoms with Crippen molar-refractivity contribution in [1.29, 1.82) is 0 Å². The lowest BCUT2D eigenvalue weighted by Crippen LogP contribution is -2.18. The number of alkyl halides is 3. The molecule has 0 radical (unpaired) electrons. The quantitative estimate of drug-likeness (QED) is 0.686. The van der Waals surface area contributed by atoms with Crippen LogP contribution in [0.4, 0.5) is 13.2 Å². The van der Waals surface area contributed by atoms with E-state index in [1.54, 1.807) is 24.4 Å². The Balaban J connectivity index is 2.26. The largest absolute Gasteiger partial charge is 0.462 e. The highest BCUT2D eigenvalue weighted by molar-refractivity contribution is 5.92. The highest BCUT2D eigenvalue weighted by Gasteiger charge is 2.41. The molecule has 0 unspecified atom stereocenters. The normalized spacial score (nSPS) is 11.7. The van der Waals surface area contributed by atoms with Crippen LogP contribution >= 0.6 is 0 Å².